The molecule has 0 radical (unpaired) electrons. The Morgan fingerprint density at radius 1 is 1.00 bits per heavy atom. The van der Waals surface area contributed by atoms with E-state index < -0.39 is 0 Å². The molecule has 144 valence electrons. The predicted molar refractivity (Wildman–Crippen MR) is 110 cm³/mol. The fraction of sp³-hybridized carbons (Fsp3) is 0.300. The minimum Gasteiger partial charge on any atom is -0.494 e. The van der Waals surface area contributed by atoms with Gasteiger partial charge in [-0.15, -0.1) is 0 Å². The standard InChI is InChI=1S/C20H24N2O4S/c1-3-12-25-16-10-8-15(9-11-16)21-20(27)22-19(23)17-6-4-5-7-18(17)26-14-13-24-2/h4-11H,3,12-14H2,1-2H3,(H2,21,22,23,27). The third-order valence-electron chi connectivity index (χ3n) is 3.49. The van der Waals surface area contributed by atoms with Crippen LogP contribution >= 0.6 is 12.2 Å². The summed E-state index contributed by atoms with van der Waals surface area (Å²) in [4.78, 5) is 12.5. The first kappa shape index (κ1) is 20.7. The van der Waals surface area contributed by atoms with Crippen LogP contribution in [0.1, 0.15) is 23.7 Å². The molecule has 2 rings (SSSR count). The topological polar surface area (TPSA) is 68.8 Å². The molecule has 0 fully saturated rings. The highest BCUT2D eigenvalue weighted by atomic mass is 32.1. The number of hydrogen-bond acceptors (Lipinski definition) is 5. The van der Waals surface area contributed by atoms with E-state index in [0.29, 0.717) is 31.1 Å². The Labute approximate surface area is 164 Å². The summed E-state index contributed by atoms with van der Waals surface area (Å²) in [6.45, 7) is 3.52. The van der Waals surface area contributed by atoms with Crippen molar-refractivity contribution in [3.05, 3.63) is 54.1 Å². The van der Waals surface area contributed by atoms with Crippen molar-refractivity contribution in [3.8, 4) is 11.5 Å². The van der Waals surface area contributed by atoms with E-state index in [1.54, 1.807) is 31.4 Å². The number of thiocarbonyl (C=S) groups is 1. The van der Waals surface area contributed by atoms with Gasteiger partial charge in [0.15, 0.2) is 5.11 Å². The van der Waals surface area contributed by atoms with Gasteiger partial charge in [-0.2, -0.15) is 0 Å². The highest BCUT2D eigenvalue weighted by molar-refractivity contribution is 7.80. The molecule has 0 heterocycles. The van der Waals surface area contributed by atoms with E-state index in [0.717, 1.165) is 17.9 Å². The molecule has 0 aliphatic heterocycles. The molecule has 0 spiro atoms. The number of benzene rings is 2. The second kappa shape index (κ2) is 11.2. The molecule has 0 aromatic heterocycles. The quantitative estimate of drug-likeness (QED) is 0.505. The van der Waals surface area contributed by atoms with Crippen molar-refractivity contribution in [1.82, 2.24) is 5.32 Å². The lowest BCUT2D eigenvalue weighted by atomic mass is 10.2. The van der Waals surface area contributed by atoms with Gasteiger partial charge >= 0.3 is 0 Å². The molecule has 6 nitrogen and oxygen atoms in total. The highest BCUT2D eigenvalue weighted by Crippen LogP contribution is 2.18. The minimum absolute atomic E-state index is 0.203. The van der Waals surface area contributed by atoms with Crippen molar-refractivity contribution in [2.45, 2.75) is 13.3 Å². The van der Waals surface area contributed by atoms with Crippen LogP contribution in [0.2, 0.25) is 0 Å². The van der Waals surface area contributed by atoms with Crippen LogP contribution in [0.5, 0.6) is 11.5 Å². The number of para-hydroxylation sites is 1. The number of methoxy groups -OCH3 is 1. The molecule has 27 heavy (non-hydrogen) atoms. The molecule has 0 bridgehead atoms. The normalized spacial score (nSPS) is 10.1. The van der Waals surface area contributed by atoms with Crippen LogP contribution < -0.4 is 20.1 Å². The Bertz CT molecular complexity index is 750. The van der Waals surface area contributed by atoms with Gasteiger partial charge in [-0.05, 0) is 55.0 Å². The monoisotopic (exact) mass is 388 g/mol. The van der Waals surface area contributed by atoms with E-state index in [1.807, 2.05) is 24.3 Å². The van der Waals surface area contributed by atoms with Crippen LogP contribution in [0.25, 0.3) is 0 Å². The molecule has 0 aliphatic carbocycles. The van der Waals surface area contributed by atoms with Gasteiger partial charge < -0.3 is 19.5 Å². The van der Waals surface area contributed by atoms with Crippen LogP contribution in [-0.4, -0.2) is 38.0 Å². The largest absolute Gasteiger partial charge is 0.494 e. The van der Waals surface area contributed by atoms with Gasteiger partial charge in [-0.1, -0.05) is 19.1 Å². The zero-order chi connectivity index (χ0) is 19.5. The molecule has 7 heteroatoms. The SMILES string of the molecule is CCCOc1ccc(NC(=S)NC(=O)c2ccccc2OCCOC)cc1. The molecule has 1 amide bonds. The molecule has 0 saturated carbocycles. The maximum Gasteiger partial charge on any atom is 0.261 e. The number of amides is 1. The molecule has 2 N–H and O–H groups in total. The fourth-order valence-electron chi connectivity index (χ4n) is 2.20. The lowest BCUT2D eigenvalue weighted by molar-refractivity contribution is 0.0970. The van der Waals surface area contributed by atoms with E-state index in [1.165, 1.54) is 0 Å². The summed E-state index contributed by atoms with van der Waals surface area (Å²) in [5.74, 6) is 0.926. The smallest absolute Gasteiger partial charge is 0.261 e. The summed E-state index contributed by atoms with van der Waals surface area (Å²) in [5.41, 5.74) is 1.16. The van der Waals surface area contributed by atoms with E-state index in [2.05, 4.69) is 17.6 Å². The van der Waals surface area contributed by atoms with Crippen LogP contribution in [0.4, 0.5) is 5.69 Å². The third kappa shape index (κ3) is 6.88. The Kier molecular flexibility index (Phi) is 8.54. The lowest BCUT2D eigenvalue weighted by Crippen LogP contribution is -2.34. The second-order valence-electron chi connectivity index (χ2n) is 5.62. The van der Waals surface area contributed by atoms with Crippen LogP contribution in [0, 0.1) is 0 Å². The van der Waals surface area contributed by atoms with Crippen molar-refractivity contribution in [2.24, 2.45) is 0 Å². The van der Waals surface area contributed by atoms with Gasteiger partial charge in [-0.25, -0.2) is 0 Å². The number of rotatable bonds is 9. The first-order valence-corrected chi connectivity index (χ1v) is 9.10. The average molecular weight is 388 g/mol. The van der Waals surface area contributed by atoms with Crippen molar-refractivity contribution >= 4 is 28.9 Å². The van der Waals surface area contributed by atoms with Gasteiger partial charge in [0.2, 0.25) is 0 Å². The van der Waals surface area contributed by atoms with E-state index in [4.69, 9.17) is 26.4 Å². The Balaban J connectivity index is 1.92. The summed E-state index contributed by atoms with van der Waals surface area (Å²) < 4.78 is 16.1. The van der Waals surface area contributed by atoms with Gasteiger partial charge in [0, 0.05) is 12.8 Å². The second-order valence-corrected chi connectivity index (χ2v) is 6.03. The zero-order valence-electron chi connectivity index (χ0n) is 15.5. The van der Waals surface area contributed by atoms with Crippen molar-refractivity contribution in [2.75, 3.05) is 32.2 Å². The summed E-state index contributed by atoms with van der Waals surface area (Å²) in [7, 11) is 1.59. The van der Waals surface area contributed by atoms with Crippen LogP contribution in [0.3, 0.4) is 0 Å². The number of anilines is 1. The summed E-state index contributed by atoms with van der Waals surface area (Å²) in [5, 5.41) is 5.85. The summed E-state index contributed by atoms with van der Waals surface area (Å²) in [6.07, 6.45) is 0.951. The molecule has 0 saturated heterocycles. The zero-order valence-corrected chi connectivity index (χ0v) is 16.3. The van der Waals surface area contributed by atoms with Crippen LogP contribution in [-0.2, 0) is 4.74 Å². The first-order chi connectivity index (χ1) is 13.1. The maximum absolute atomic E-state index is 12.5. The van der Waals surface area contributed by atoms with E-state index >= 15 is 0 Å². The maximum atomic E-state index is 12.5. The Morgan fingerprint density at radius 2 is 1.74 bits per heavy atom. The number of ether oxygens (including phenoxy) is 3. The Morgan fingerprint density at radius 3 is 2.44 bits per heavy atom. The number of hydrogen-bond donors (Lipinski definition) is 2. The molecular weight excluding hydrogens is 364 g/mol. The van der Waals surface area contributed by atoms with E-state index in [-0.39, 0.29) is 11.0 Å². The first-order valence-electron chi connectivity index (χ1n) is 8.70. The van der Waals surface area contributed by atoms with E-state index in [9.17, 15) is 4.79 Å². The number of nitrogens with one attached hydrogen (secondary N) is 2. The van der Waals surface area contributed by atoms with Crippen molar-refractivity contribution in [3.63, 3.8) is 0 Å². The van der Waals surface area contributed by atoms with Gasteiger partial charge in [0.1, 0.15) is 18.1 Å². The lowest BCUT2D eigenvalue weighted by Gasteiger charge is -2.13. The summed E-state index contributed by atoms with van der Waals surface area (Å²) >= 11 is 5.23. The van der Waals surface area contributed by atoms with Gasteiger partial charge in [0.25, 0.3) is 5.91 Å². The minimum atomic E-state index is -0.344. The molecule has 2 aromatic rings. The predicted octanol–water partition coefficient (Wildman–Crippen LogP) is 3.63. The molecule has 2 aromatic carbocycles. The number of carbonyl (C=O) groups is 1. The van der Waals surface area contributed by atoms with Crippen molar-refractivity contribution in [1.29, 1.82) is 0 Å². The average Bonchev–Trinajstić information content (AvgIpc) is 2.68. The van der Waals surface area contributed by atoms with Crippen molar-refractivity contribution < 1.29 is 19.0 Å². The van der Waals surface area contributed by atoms with Gasteiger partial charge in [0.05, 0.1) is 18.8 Å². The third-order valence-corrected chi connectivity index (χ3v) is 3.69. The molecule has 0 aliphatic rings. The molecule has 0 unspecified atom stereocenters. The molecule has 0 atom stereocenters. The Hall–Kier alpha value is -2.64. The van der Waals surface area contributed by atoms with Gasteiger partial charge in [-0.3, -0.25) is 10.1 Å². The number of carbonyl (C=O) groups excluding carboxylic acids is 1. The fourth-order valence-corrected chi connectivity index (χ4v) is 2.41. The van der Waals surface area contributed by atoms with Crippen LogP contribution in [0.15, 0.2) is 48.5 Å². The summed E-state index contributed by atoms with van der Waals surface area (Å²) in [6, 6.07) is 14.4. The highest BCUT2D eigenvalue weighted by Gasteiger charge is 2.13. The molecular formula is C20H24N2O4S.